The van der Waals surface area contributed by atoms with Gasteiger partial charge in [0.2, 0.25) is 0 Å². The number of hydrogen-bond donors (Lipinski definition) is 1. The Morgan fingerprint density at radius 1 is 1.12 bits per heavy atom. The normalized spacial score (nSPS) is 11.8. The van der Waals surface area contributed by atoms with E-state index in [1.165, 1.54) is 5.56 Å². The molecule has 0 radical (unpaired) electrons. The zero-order valence-corrected chi connectivity index (χ0v) is 12.7. The van der Waals surface area contributed by atoms with Gasteiger partial charge in [0.1, 0.15) is 0 Å². The van der Waals surface area contributed by atoms with E-state index in [0.717, 1.165) is 22.9 Å². The summed E-state index contributed by atoms with van der Waals surface area (Å²) in [7, 11) is 2.15. The van der Waals surface area contributed by atoms with E-state index in [1.54, 1.807) is 21.3 Å². The fourth-order valence-corrected chi connectivity index (χ4v) is 4.57. The van der Waals surface area contributed by atoms with Gasteiger partial charge in [-0.2, -0.15) is 12.6 Å². The highest BCUT2D eigenvalue weighted by molar-refractivity contribution is 7.80. The third-order valence-electron chi connectivity index (χ3n) is 2.85. The molecule has 0 aromatic heterocycles. The molecule has 0 saturated heterocycles. The summed E-state index contributed by atoms with van der Waals surface area (Å²) in [4.78, 5) is 0. The summed E-state index contributed by atoms with van der Waals surface area (Å²) in [6.45, 7) is 2.05. The molecule has 0 atom stereocenters. The second-order valence-electron chi connectivity index (χ2n) is 3.75. The zero-order valence-electron chi connectivity index (χ0n) is 10.8. The lowest BCUT2D eigenvalue weighted by molar-refractivity contribution is 0.140. The van der Waals surface area contributed by atoms with E-state index in [9.17, 15) is 0 Å². The minimum absolute atomic E-state index is 0.790. The SMILES string of the molecule is CO[Si](OC)(OC)c1c(C)cccc1CCS. The van der Waals surface area contributed by atoms with Crippen LogP contribution in [0.2, 0.25) is 0 Å². The molecule has 0 heterocycles. The predicted octanol–water partition coefficient (Wildman–Crippen LogP) is 1.55. The van der Waals surface area contributed by atoms with E-state index < -0.39 is 8.80 Å². The Balaban J connectivity index is 3.34. The lowest BCUT2D eigenvalue weighted by Gasteiger charge is -2.28. The van der Waals surface area contributed by atoms with Crippen molar-refractivity contribution in [1.29, 1.82) is 0 Å². The molecular weight excluding hydrogens is 252 g/mol. The van der Waals surface area contributed by atoms with Crippen LogP contribution in [0.25, 0.3) is 0 Å². The summed E-state index contributed by atoms with van der Waals surface area (Å²) in [6, 6.07) is 6.17. The zero-order chi connectivity index (χ0) is 12.9. The molecule has 0 saturated carbocycles. The third-order valence-corrected chi connectivity index (χ3v) is 6.02. The van der Waals surface area contributed by atoms with Gasteiger partial charge in [0.15, 0.2) is 0 Å². The first-order valence-electron chi connectivity index (χ1n) is 5.50. The minimum atomic E-state index is -2.75. The predicted molar refractivity (Wildman–Crippen MR) is 75.2 cm³/mol. The molecule has 1 aromatic rings. The van der Waals surface area contributed by atoms with Gasteiger partial charge in [-0.15, -0.1) is 0 Å². The summed E-state index contributed by atoms with van der Waals surface area (Å²) in [6.07, 6.45) is 0.880. The average Bonchev–Trinajstić information content (AvgIpc) is 2.35. The van der Waals surface area contributed by atoms with Gasteiger partial charge in [-0.3, -0.25) is 0 Å². The van der Waals surface area contributed by atoms with Crippen molar-refractivity contribution in [3.63, 3.8) is 0 Å². The second kappa shape index (κ2) is 6.56. The lowest BCUT2D eigenvalue weighted by Crippen LogP contribution is -2.57. The van der Waals surface area contributed by atoms with E-state index in [2.05, 4.69) is 31.7 Å². The molecule has 1 aromatic carbocycles. The Morgan fingerprint density at radius 2 is 1.71 bits per heavy atom. The summed E-state index contributed by atoms with van der Waals surface area (Å²) >= 11 is 4.29. The van der Waals surface area contributed by atoms with E-state index in [0.29, 0.717) is 0 Å². The number of benzene rings is 1. The molecule has 1 rings (SSSR count). The van der Waals surface area contributed by atoms with Gasteiger partial charge >= 0.3 is 8.80 Å². The molecular formula is C12H20O3SSi. The van der Waals surface area contributed by atoms with Gasteiger partial charge in [-0.1, -0.05) is 18.2 Å². The van der Waals surface area contributed by atoms with Crippen molar-refractivity contribution >= 4 is 26.6 Å². The number of hydrogen-bond acceptors (Lipinski definition) is 4. The molecule has 0 N–H and O–H groups in total. The Hall–Kier alpha value is -0.333. The van der Waals surface area contributed by atoms with Crippen LogP contribution in [0.3, 0.4) is 0 Å². The maximum Gasteiger partial charge on any atom is 0.536 e. The highest BCUT2D eigenvalue weighted by Gasteiger charge is 2.43. The molecule has 96 valence electrons. The standard InChI is InChI=1S/C12H20O3SSi/c1-10-6-5-7-11(8-9-16)12(10)17(13-2,14-3)15-4/h5-7,16H,8-9H2,1-4H3. The van der Waals surface area contributed by atoms with Crippen molar-refractivity contribution in [2.75, 3.05) is 27.1 Å². The van der Waals surface area contributed by atoms with Crippen LogP contribution in [0.1, 0.15) is 11.1 Å². The van der Waals surface area contributed by atoms with Crippen LogP contribution in [0.15, 0.2) is 18.2 Å². The third kappa shape index (κ3) is 2.92. The van der Waals surface area contributed by atoms with Crippen molar-refractivity contribution in [3.05, 3.63) is 29.3 Å². The molecule has 17 heavy (non-hydrogen) atoms. The molecule has 0 spiro atoms. The Bertz CT molecular complexity index is 359. The molecule has 0 amide bonds. The molecule has 0 aliphatic heterocycles. The van der Waals surface area contributed by atoms with Crippen LogP contribution in [-0.4, -0.2) is 35.9 Å². The van der Waals surface area contributed by atoms with Crippen molar-refractivity contribution in [3.8, 4) is 0 Å². The largest absolute Gasteiger partial charge is 0.536 e. The van der Waals surface area contributed by atoms with E-state index >= 15 is 0 Å². The Labute approximate surface area is 110 Å². The molecule has 0 aliphatic carbocycles. The first-order valence-corrected chi connectivity index (χ1v) is 7.86. The van der Waals surface area contributed by atoms with E-state index in [-0.39, 0.29) is 0 Å². The number of aryl methyl sites for hydroxylation is 2. The quantitative estimate of drug-likeness (QED) is 0.629. The first-order chi connectivity index (χ1) is 8.15. The van der Waals surface area contributed by atoms with Gasteiger partial charge in [0.05, 0.1) is 0 Å². The first kappa shape index (κ1) is 14.7. The number of thiol groups is 1. The summed E-state index contributed by atoms with van der Waals surface area (Å²) < 4.78 is 16.7. The molecule has 0 fully saturated rings. The molecule has 0 bridgehead atoms. The van der Waals surface area contributed by atoms with Crippen LogP contribution >= 0.6 is 12.6 Å². The van der Waals surface area contributed by atoms with Crippen molar-refractivity contribution in [2.45, 2.75) is 13.3 Å². The van der Waals surface area contributed by atoms with Crippen LogP contribution < -0.4 is 5.19 Å². The van der Waals surface area contributed by atoms with Crippen molar-refractivity contribution < 1.29 is 13.3 Å². The summed E-state index contributed by atoms with van der Waals surface area (Å²) in [5.74, 6) is 0.790. The number of rotatable bonds is 6. The van der Waals surface area contributed by atoms with Crippen LogP contribution in [0, 0.1) is 6.92 Å². The summed E-state index contributed by atoms with van der Waals surface area (Å²) in [5.41, 5.74) is 2.33. The van der Waals surface area contributed by atoms with Gasteiger partial charge in [-0.05, 0) is 30.2 Å². The van der Waals surface area contributed by atoms with Crippen molar-refractivity contribution in [1.82, 2.24) is 0 Å². The van der Waals surface area contributed by atoms with Gasteiger partial charge in [0.25, 0.3) is 0 Å². The maximum absolute atomic E-state index is 5.56. The van der Waals surface area contributed by atoms with E-state index in [1.807, 2.05) is 6.07 Å². The molecule has 5 heteroatoms. The average molecular weight is 272 g/mol. The Morgan fingerprint density at radius 3 is 2.18 bits per heavy atom. The molecule has 0 aliphatic rings. The highest BCUT2D eigenvalue weighted by Crippen LogP contribution is 2.14. The van der Waals surface area contributed by atoms with Crippen LogP contribution in [-0.2, 0) is 19.7 Å². The van der Waals surface area contributed by atoms with Crippen LogP contribution in [0.4, 0.5) is 0 Å². The van der Waals surface area contributed by atoms with Crippen LogP contribution in [0.5, 0.6) is 0 Å². The monoisotopic (exact) mass is 272 g/mol. The fraction of sp³-hybridized carbons (Fsp3) is 0.500. The Kier molecular flexibility index (Phi) is 5.68. The van der Waals surface area contributed by atoms with Gasteiger partial charge in [0, 0.05) is 26.5 Å². The van der Waals surface area contributed by atoms with Gasteiger partial charge < -0.3 is 13.3 Å². The fourth-order valence-electron chi connectivity index (χ4n) is 2.05. The maximum atomic E-state index is 5.56. The lowest BCUT2D eigenvalue weighted by atomic mass is 10.1. The van der Waals surface area contributed by atoms with E-state index in [4.69, 9.17) is 13.3 Å². The topological polar surface area (TPSA) is 27.7 Å². The smallest absolute Gasteiger partial charge is 0.373 e. The van der Waals surface area contributed by atoms with Gasteiger partial charge in [-0.25, -0.2) is 0 Å². The molecule has 3 nitrogen and oxygen atoms in total. The molecule has 0 unspecified atom stereocenters. The second-order valence-corrected chi connectivity index (χ2v) is 7.04. The van der Waals surface area contributed by atoms with Crippen molar-refractivity contribution in [2.24, 2.45) is 0 Å². The highest BCUT2D eigenvalue weighted by atomic mass is 32.1. The summed E-state index contributed by atoms with van der Waals surface area (Å²) in [5, 5.41) is 1.07. The minimum Gasteiger partial charge on any atom is -0.373 e.